The summed E-state index contributed by atoms with van der Waals surface area (Å²) in [7, 11) is -1.53. The molecule has 1 unspecified atom stereocenters. The second-order valence-corrected chi connectivity index (χ2v) is 13.2. The molecule has 9 heteroatoms. The van der Waals surface area contributed by atoms with Gasteiger partial charge < -0.3 is 9.26 Å². The SMILES string of the molecule is Cc1noc([C@H](CC(=O)OC(C)(C)C)NS(=O)C(C)(C)C)c1-c1ccccc1C(=O)c1ccc(Cl)cc1. The van der Waals surface area contributed by atoms with Gasteiger partial charge in [0.05, 0.1) is 33.9 Å². The molecule has 3 aromatic rings. The molecule has 0 saturated carbocycles. The van der Waals surface area contributed by atoms with Gasteiger partial charge in [-0.15, -0.1) is 0 Å². The molecule has 0 saturated heterocycles. The van der Waals surface area contributed by atoms with Crippen LogP contribution in [0.25, 0.3) is 11.1 Å². The topological polar surface area (TPSA) is 98.5 Å². The molecule has 1 aromatic heterocycles. The number of aromatic nitrogens is 1. The fourth-order valence-electron chi connectivity index (χ4n) is 3.65. The number of hydrogen-bond acceptors (Lipinski definition) is 6. The highest BCUT2D eigenvalue weighted by molar-refractivity contribution is 7.84. The maximum Gasteiger partial charge on any atom is 0.308 e. The number of ketones is 1. The van der Waals surface area contributed by atoms with Crippen molar-refractivity contribution in [1.29, 1.82) is 0 Å². The quantitative estimate of drug-likeness (QED) is 0.262. The number of ether oxygens (including phenoxy) is 1. The molecule has 198 valence electrons. The van der Waals surface area contributed by atoms with Gasteiger partial charge in [0, 0.05) is 21.7 Å². The molecular weight excluding hydrogens is 512 g/mol. The Morgan fingerprint density at radius 3 is 2.27 bits per heavy atom. The van der Waals surface area contributed by atoms with Crippen LogP contribution in [0.4, 0.5) is 0 Å². The van der Waals surface area contributed by atoms with E-state index in [1.54, 1.807) is 70.2 Å². The summed E-state index contributed by atoms with van der Waals surface area (Å²) in [5.74, 6) is -0.382. The second-order valence-electron chi connectivity index (χ2n) is 10.7. The number of benzene rings is 2. The third-order valence-corrected chi connectivity index (χ3v) is 7.21. The van der Waals surface area contributed by atoms with E-state index in [1.807, 2.05) is 26.8 Å². The number of halogens is 1. The van der Waals surface area contributed by atoms with Crippen molar-refractivity contribution in [1.82, 2.24) is 9.88 Å². The fraction of sp³-hybridized carbons (Fsp3) is 0.393. The summed E-state index contributed by atoms with van der Waals surface area (Å²) in [4.78, 5) is 26.3. The summed E-state index contributed by atoms with van der Waals surface area (Å²) in [6, 6.07) is 13.0. The predicted octanol–water partition coefficient (Wildman–Crippen LogP) is 6.36. The lowest BCUT2D eigenvalue weighted by molar-refractivity contribution is -0.155. The Balaban J connectivity index is 2.10. The Morgan fingerprint density at radius 1 is 1.05 bits per heavy atom. The van der Waals surface area contributed by atoms with Gasteiger partial charge in [0.25, 0.3) is 0 Å². The number of esters is 1. The Kier molecular flexibility index (Phi) is 8.78. The van der Waals surface area contributed by atoms with Crippen LogP contribution < -0.4 is 4.72 Å². The first-order valence-corrected chi connectivity index (χ1v) is 13.5. The number of aryl methyl sites for hydroxylation is 1. The fourth-order valence-corrected chi connectivity index (χ4v) is 4.58. The van der Waals surface area contributed by atoms with Crippen LogP contribution in [-0.2, 0) is 20.5 Å². The molecule has 7 nitrogen and oxygen atoms in total. The van der Waals surface area contributed by atoms with Gasteiger partial charge in [-0.25, -0.2) is 8.93 Å². The minimum Gasteiger partial charge on any atom is -0.460 e. The molecular formula is C28H33ClN2O5S. The van der Waals surface area contributed by atoms with Gasteiger partial charge in [-0.1, -0.05) is 41.0 Å². The van der Waals surface area contributed by atoms with Crippen LogP contribution in [0.5, 0.6) is 0 Å². The van der Waals surface area contributed by atoms with Gasteiger partial charge in [0.15, 0.2) is 11.5 Å². The van der Waals surface area contributed by atoms with Crippen LogP contribution in [0.1, 0.15) is 81.4 Å². The van der Waals surface area contributed by atoms with Gasteiger partial charge in [-0.2, -0.15) is 0 Å². The van der Waals surface area contributed by atoms with Crippen molar-refractivity contribution >= 4 is 34.3 Å². The molecule has 1 N–H and O–H groups in total. The number of hydrogen-bond donors (Lipinski definition) is 1. The first-order valence-electron chi connectivity index (χ1n) is 11.9. The van der Waals surface area contributed by atoms with Crippen LogP contribution in [0.3, 0.4) is 0 Å². The van der Waals surface area contributed by atoms with Gasteiger partial charge in [-0.3, -0.25) is 9.59 Å². The molecule has 0 aliphatic carbocycles. The molecule has 0 aliphatic rings. The van der Waals surface area contributed by atoms with Crippen molar-refractivity contribution in [3.8, 4) is 11.1 Å². The molecule has 3 rings (SSSR count). The van der Waals surface area contributed by atoms with E-state index in [2.05, 4.69) is 9.88 Å². The van der Waals surface area contributed by atoms with E-state index in [4.69, 9.17) is 20.9 Å². The number of nitrogens with zero attached hydrogens (tertiary/aromatic N) is 1. The Bertz CT molecular complexity index is 1300. The first kappa shape index (κ1) is 28.8. The van der Waals surface area contributed by atoms with Crippen LogP contribution in [0, 0.1) is 6.92 Å². The Hall–Kier alpha value is -2.81. The van der Waals surface area contributed by atoms with E-state index in [1.165, 1.54) is 0 Å². The van der Waals surface area contributed by atoms with Gasteiger partial charge in [0.2, 0.25) is 0 Å². The maximum atomic E-state index is 13.5. The molecule has 37 heavy (non-hydrogen) atoms. The highest BCUT2D eigenvalue weighted by atomic mass is 35.5. The second kappa shape index (κ2) is 11.3. The average Bonchev–Trinajstić information content (AvgIpc) is 3.18. The van der Waals surface area contributed by atoms with E-state index in [-0.39, 0.29) is 12.2 Å². The molecule has 0 aliphatic heterocycles. The van der Waals surface area contributed by atoms with E-state index in [0.717, 1.165) is 0 Å². The lowest BCUT2D eigenvalue weighted by Crippen LogP contribution is -2.37. The highest BCUT2D eigenvalue weighted by Crippen LogP contribution is 2.36. The Labute approximate surface area is 225 Å². The minimum absolute atomic E-state index is 0.145. The Morgan fingerprint density at radius 2 is 1.68 bits per heavy atom. The zero-order valence-corrected chi connectivity index (χ0v) is 23.8. The third kappa shape index (κ3) is 7.37. The zero-order chi connectivity index (χ0) is 27.5. The zero-order valence-electron chi connectivity index (χ0n) is 22.2. The highest BCUT2D eigenvalue weighted by Gasteiger charge is 2.33. The summed E-state index contributed by atoms with van der Waals surface area (Å²) in [5, 5.41) is 4.69. The normalized spacial score (nSPS) is 13.7. The van der Waals surface area contributed by atoms with Gasteiger partial charge in [0.1, 0.15) is 5.60 Å². The first-order chi connectivity index (χ1) is 17.2. The molecule has 0 radical (unpaired) electrons. The van der Waals surface area contributed by atoms with E-state index >= 15 is 0 Å². The standard InChI is InChI=1S/C28H33ClN2O5S/c1-17-24(20-10-8-9-11-21(20)25(33)18-12-14-19(29)15-13-18)26(36-30-17)22(31-37(34)28(5,6)7)16-23(32)35-27(2,3)4/h8-15,22,31H,16H2,1-7H3/t22-,37?/m0/s1. The molecule has 0 amide bonds. The molecule has 2 aromatic carbocycles. The predicted molar refractivity (Wildman–Crippen MR) is 146 cm³/mol. The molecule has 1 heterocycles. The summed E-state index contributed by atoms with van der Waals surface area (Å²) >= 11 is 6.00. The van der Waals surface area contributed by atoms with Crippen LogP contribution in [0.15, 0.2) is 53.1 Å². The number of rotatable bonds is 8. The minimum atomic E-state index is -1.53. The van der Waals surface area contributed by atoms with Gasteiger partial charge in [-0.05, 0) is 78.3 Å². The lowest BCUT2D eigenvalue weighted by atomic mass is 9.91. The van der Waals surface area contributed by atoms with E-state index in [9.17, 15) is 13.8 Å². The van der Waals surface area contributed by atoms with Crippen molar-refractivity contribution < 1.29 is 23.1 Å². The van der Waals surface area contributed by atoms with Crippen molar-refractivity contribution in [2.24, 2.45) is 0 Å². The van der Waals surface area contributed by atoms with Crippen molar-refractivity contribution in [3.63, 3.8) is 0 Å². The van der Waals surface area contributed by atoms with Crippen molar-refractivity contribution in [3.05, 3.63) is 76.1 Å². The van der Waals surface area contributed by atoms with E-state index < -0.39 is 33.3 Å². The van der Waals surface area contributed by atoms with E-state index in [0.29, 0.717) is 38.7 Å². The molecule has 0 bridgehead atoms. The van der Waals surface area contributed by atoms with Crippen molar-refractivity contribution in [2.75, 3.05) is 0 Å². The maximum absolute atomic E-state index is 13.5. The number of carbonyl (C=O) groups is 2. The average molecular weight is 545 g/mol. The van der Waals surface area contributed by atoms with Gasteiger partial charge >= 0.3 is 5.97 Å². The third-order valence-electron chi connectivity index (χ3n) is 5.35. The summed E-state index contributed by atoms with van der Waals surface area (Å²) in [6.07, 6.45) is -0.145. The smallest absolute Gasteiger partial charge is 0.308 e. The summed E-state index contributed by atoms with van der Waals surface area (Å²) in [5.41, 5.74) is 1.90. The number of carbonyl (C=O) groups excluding carboxylic acids is 2. The van der Waals surface area contributed by atoms with Crippen LogP contribution in [-0.4, -0.2) is 31.5 Å². The largest absolute Gasteiger partial charge is 0.460 e. The molecule has 0 fully saturated rings. The van der Waals surface area contributed by atoms with Crippen molar-refractivity contribution in [2.45, 2.75) is 71.3 Å². The lowest BCUT2D eigenvalue weighted by Gasteiger charge is -2.25. The molecule has 2 atom stereocenters. The van der Waals surface area contributed by atoms with Crippen LogP contribution >= 0.6 is 11.6 Å². The monoisotopic (exact) mass is 544 g/mol. The van der Waals surface area contributed by atoms with Crippen LogP contribution in [0.2, 0.25) is 5.02 Å². The number of nitrogens with one attached hydrogen (secondary N) is 1. The summed E-state index contributed by atoms with van der Waals surface area (Å²) in [6.45, 7) is 12.6. The molecule has 0 spiro atoms. The summed E-state index contributed by atoms with van der Waals surface area (Å²) < 4.78 is 26.8.